The molecule has 18 heavy (non-hydrogen) atoms. The van der Waals surface area contributed by atoms with Crippen molar-refractivity contribution in [1.82, 2.24) is 0 Å². The second kappa shape index (κ2) is 8.18. The van der Waals surface area contributed by atoms with Crippen molar-refractivity contribution in [2.45, 2.75) is 32.6 Å². The van der Waals surface area contributed by atoms with Crippen molar-refractivity contribution in [3.63, 3.8) is 0 Å². The molecule has 0 radical (unpaired) electrons. The van der Waals surface area contributed by atoms with Crippen LogP contribution in [0, 0.1) is 11.3 Å². The van der Waals surface area contributed by atoms with Crippen LogP contribution >= 0.6 is 0 Å². The highest BCUT2D eigenvalue weighted by Crippen LogP contribution is 2.29. The van der Waals surface area contributed by atoms with Crippen molar-refractivity contribution < 1.29 is 30.0 Å². The highest BCUT2D eigenvalue weighted by molar-refractivity contribution is 5.87. The third-order valence-electron chi connectivity index (χ3n) is 3.20. The van der Waals surface area contributed by atoms with Gasteiger partial charge in [-0.2, -0.15) is 0 Å². The molecule has 0 amide bonds. The molecule has 0 bridgehead atoms. The van der Waals surface area contributed by atoms with Crippen molar-refractivity contribution in [2.75, 3.05) is 19.8 Å². The van der Waals surface area contributed by atoms with E-state index >= 15 is 0 Å². The number of aliphatic carboxylic acids is 1. The van der Waals surface area contributed by atoms with Gasteiger partial charge in [-0.05, 0) is 19.3 Å². The van der Waals surface area contributed by atoms with E-state index in [2.05, 4.69) is 0 Å². The first kappa shape index (κ1) is 17.0. The molecule has 106 valence electrons. The van der Waals surface area contributed by atoms with Crippen LogP contribution in [-0.4, -0.2) is 52.0 Å². The van der Waals surface area contributed by atoms with Crippen LogP contribution in [0.4, 0.5) is 0 Å². The van der Waals surface area contributed by atoms with E-state index in [0.29, 0.717) is 12.8 Å². The molecular formula is C12H22O6. The number of ketones is 1. The SMILES string of the molecule is CC(CCCO)C(=O)CC(CO)(CCO)C(=O)O. The molecule has 6 heteroatoms. The molecular weight excluding hydrogens is 240 g/mol. The number of carboxylic acids is 1. The fourth-order valence-corrected chi connectivity index (χ4v) is 1.75. The predicted octanol–water partition coefficient (Wildman–Crippen LogP) is -0.200. The highest BCUT2D eigenvalue weighted by atomic mass is 16.4. The summed E-state index contributed by atoms with van der Waals surface area (Å²) >= 11 is 0. The Morgan fingerprint density at radius 1 is 1.17 bits per heavy atom. The van der Waals surface area contributed by atoms with Gasteiger partial charge in [-0.3, -0.25) is 9.59 Å². The molecule has 0 aromatic carbocycles. The zero-order valence-electron chi connectivity index (χ0n) is 10.6. The topological polar surface area (TPSA) is 115 Å². The minimum Gasteiger partial charge on any atom is -0.481 e. The van der Waals surface area contributed by atoms with E-state index in [4.69, 9.17) is 15.3 Å². The molecule has 0 heterocycles. The number of carbonyl (C=O) groups is 2. The minimum atomic E-state index is -1.60. The number of aliphatic hydroxyl groups is 3. The van der Waals surface area contributed by atoms with Gasteiger partial charge < -0.3 is 20.4 Å². The van der Waals surface area contributed by atoms with Gasteiger partial charge in [-0.1, -0.05) is 6.92 Å². The predicted molar refractivity (Wildman–Crippen MR) is 64.0 cm³/mol. The van der Waals surface area contributed by atoms with Gasteiger partial charge in [0.05, 0.1) is 12.0 Å². The Morgan fingerprint density at radius 3 is 2.17 bits per heavy atom. The molecule has 0 aromatic heterocycles. The lowest BCUT2D eigenvalue weighted by Gasteiger charge is -2.26. The van der Waals surface area contributed by atoms with E-state index < -0.39 is 24.6 Å². The molecule has 0 saturated carbocycles. The van der Waals surface area contributed by atoms with Crippen molar-refractivity contribution in [3.05, 3.63) is 0 Å². The Kier molecular flexibility index (Phi) is 7.73. The van der Waals surface area contributed by atoms with Crippen LogP contribution in [0.2, 0.25) is 0 Å². The van der Waals surface area contributed by atoms with E-state index in [-0.39, 0.29) is 31.1 Å². The zero-order chi connectivity index (χ0) is 14.2. The summed E-state index contributed by atoms with van der Waals surface area (Å²) in [6.45, 7) is 0.575. The lowest BCUT2D eigenvalue weighted by atomic mass is 9.78. The third kappa shape index (κ3) is 4.72. The average molecular weight is 262 g/mol. The van der Waals surface area contributed by atoms with Crippen LogP contribution in [0.25, 0.3) is 0 Å². The van der Waals surface area contributed by atoms with Crippen LogP contribution in [0.3, 0.4) is 0 Å². The Morgan fingerprint density at radius 2 is 1.78 bits per heavy atom. The molecule has 0 spiro atoms. The van der Waals surface area contributed by atoms with Gasteiger partial charge in [-0.25, -0.2) is 0 Å². The Bertz CT molecular complexity index is 278. The highest BCUT2D eigenvalue weighted by Gasteiger charge is 2.40. The summed E-state index contributed by atoms with van der Waals surface area (Å²) in [5.74, 6) is -1.91. The Hall–Kier alpha value is -0.980. The van der Waals surface area contributed by atoms with Gasteiger partial charge in [0.15, 0.2) is 0 Å². The standard InChI is InChI=1S/C12H22O6/c1-9(3-2-5-13)10(16)7-12(8-15,4-6-14)11(17)18/h9,13-15H,2-8H2,1H3,(H,17,18). The number of carbonyl (C=O) groups excluding carboxylic acids is 1. The molecule has 0 aliphatic rings. The second-order valence-electron chi connectivity index (χ2n) is 4.63. The van der Waals surface area contributed by atoms with E-state index in [1.54, 1.807) is 6.92 Å². The first-order chi connectivity index (χ1) is 8.43. The summed E-state index contributed by atoms with van der Waals surface area (Å²) in [7, 11) is 0. The largest absolute Gasteiger partial charge is 0.481 e. The van der Waals surface area contributed by atoms with Gasteiger partial charge in [0.2, 0.25) is 0 Å². The van der Waals surface area contributed by atoms with Gasteiger partial charge in [0.1, 0.15) is 5.78 Å². The van der Waals surface area contributed by atoms with Crippen LogP contribution < -0.4 is 0 Å². The van der Waals surface area contributed by atoms with E-state index in [9.17, 15) is 14.7 Å². The summed E-state index contributed by atoms with van der Waals surface area (Å²) in [6, 6.07) is 0. The average Bonchev–Trinajstić information content (AvgIpc) is 2.34. The lowest BCUT2D eigenvalue weighted by molar-refractivity contribution is -0.156. The Labute approximate surface area is 106 Å². The molecule has 4 N–H and O–H groups in total. The summed E-state index contributed by atoms with van der Waals surface area (Å²) < 4.78 is 0. The molecule has 0 aliphatic heterocycles. The lowest BCUT2D eigenvalue weighted by Crippen LogP contribution is -2.39. The van der Waals surface area contributed by atoms with E-state index in [0.717, 1.165) is 0 Å². The monoisotopic (exact) mass is 262 g/mol. The molecule has 6 nitrogen and oxygen atoms in total. The fraction of sp³-hybridized carbons (Fsp3) is 0.833. The van der Waals surface area contributed by atoms with Gasteiger partial charge >= 0.3 is 5.97 Å². The van der Waals surface area contributed by atoms with Gasteiger partial charge in [0, 0.05) is 25.6 Å². The molecule has 0 saturated heterocycles. The van der Waals surface area contributed by atoms with Crippen molar-refractivity contribution in [2.24, 2.45) is 11.3 Å². The first-order valence-corrected chi connectivity index (χ1v) is 6.02. The maximum Gasteiger partial charge on any atom is 0.312 e. The maximum absolute atomic E-state index is 11.9. The van der Waals surface area contributed by atoms with Crippen molar-refractivity contribution >= 4 is 11.8 Å². The van der Waals surface area contributed by atoms with E-state index in [1.807, 2.05) is 0 Å². The van der Waals surface area contributed by atoms with Crippen LogP contribution in [-0.2, 0) is 9.59 Å². The molecule has 0 aromatic rings. The molecule has 0 fully saturated rings. The van der Waals surface area contributed by atoms with E-state index in [1.165, 1.54) is 0 Å². The number of aliphatic hydroxyl groups excluding tert-OH is 3. The number of hydrogen-bond acceptors (Lipinski definition) is 5. The summed E-state index contributed by atoms with van der Waals surface area (Å²) in [4.78, 5) is 23.0. The second-order valence-corrected chi connectivity index (χ2v) is 4.63. The molecule has 0 rings (SSSR count). The van der Waals surface area contributed by atoms with Crippen LogP contribution in [0.5, 0.6) is 0 Å². The Balaban J connectivity index is 4.66. The van der Waals surface area contributed by atoms with Gasteiger partial charge in [0.25, 0.3) is 0 Å². The molecule has 0 aliphatic carbocycles. The summed E-state index contributed by atoms with van der Waals surface area (Å²) in [6.07, 6.45) is 0.505. The minimum absolute atomic E-state index is 0.0155. The number of Topliss-reactive ketones (excluding diaryl/α,β-unsaturated/α-hetero) is 1. The van der Waals surface area contributed by atoms with Crippen molar-refractivity contribution in [1.29, 1.82) is 0 Å². The third-order valence-corrected chi connectivity index (χ3v) is 3.20. The maximum atomic E-state index is 11.9. The number of carboxylic acid groups (broad SMARTS) is 1. The summed E-state index contributed by atoms with van der Waals surface area (Å²) in [5.41, 5.74) is -1.60. The van der Waals surface area contributed by atoms with Crippen LogP contribution in [0.1, 0.15) is 32.6 Å². The number of hydrogen-bond donors (Lipinski definition) is 4. The van der Waals surface area contributed by atoms with Crippen molar-refractivity contribution in [3.8, 4) is 0 Å². The number of rotatable bonds is 10. The fourth-order valence-electron chi connectivity index (χ4n) is 1.75. The zero-order valence-corrected chi connectivity index (χ0v) is 10.6. The molecule has 2 atom stereocenters. The van der Waals surface area contributed by atoms with Crippen LogP contribution in [0.15, 0.2) is 0 Å². The smallest absolute Gasteiger partial charge is 0.312 e. The molecule has 2 unspecified atom stereocenters. The normalized spacial score (nSPS) is 16.0. The quantitative estimate of drug-likeness (QED) is 0.433. The first-order valence-electron chi connectivity index (χ1n) is 6.02. The summed E-state index contributed by atoms with van der Waals surface area (Å²) in [5, 5.41) is 35.8. The van der Waals surface area contributed by atoms with Gasteiger partial charge in [-0.15, -0.1) is 0 Å².